The van der Waals surface area contributed by atoms with Crippen LogP contribution in [0.2, 0.25) is 0 Å². The van der Waals surface area contributed by atoms with Gasteiger partial charge < -0.3 is 14.8 Å². The average Bonchev–Trinajstić information content (AvgIpc) is 2.60. The number of para-hydroxylation sites is 1. The van der Waals surface area contributed by atoms with Crippen LogP contribution in [0.5, 0.6) is 5.75 Å². The lowest BCUT2D eigenvalue weighted by molar-refractivity contribution is -0.155. The molecule has 2 rings (SSSR count). The van der Waals surface area contributed by atoms with Gasteiger partial charge in [0.25, 0.3) is 5.91 Å². The smallest absolute Gasteiger partial charge is 0.344 e. The average molecular weight is 355 g/mol. The molecule has 0 spiro atoms. The Morgan fingerprint density at radius 1 is 1.04 bits per heavy atom. The van der Waals surface area contributed by atoms with Gasteiger partial charge in [-0.2, -0.15) is 0 Å². The van der Waals surface area contributed by atoms with Crippen LogP contribution in [-0.4, -0.2) is 24.6 Å². The number of hydrogen-bond donors (Lipinski definition) is 1. The van der Waals surface area contributed by atoms with Crippen molar-refractivity contribution < 1.29 is 19.1 Å². The topological polar surface area (TPSA) is 64.6 Å². The molecule has 0 saturated carbocycles. The predicted octanol–water partition coefficient (Wildman–Crippen LogP) is 4.07. The normalized spacial score (nSPS) is 11.7. The largest absolute Gasteiger partial charge is 0.482 e. The number of rotatable bonds is 7. The molecule has 1 amide bonds. The van der Waals surface area contributed by atoms with E-state index in [4.69, 9.17) is 9.47 Å². The molecule has 2 aromatic carbocycles. The second-order valence-corrected chi connectivity index (χ2v) is 6.45. The van der Waals surface area contributed by atoms with Gasteiger partial charge in [0.05, 0.1) is 0 Å². The summed E-state index contributed by atoms with van der Waals surface area (Å²) in [6.07, 6.45) is -0.906. The van der Waals surface area contributed by atoms with E-state index >= 15 is 0 Å². The van der Waals surface area contributed by atoms with E-state index < -0.39 is 12.1 Å². The maximum Gasteiger partial charge on any atom is 0.344 e. The number of anilines is 1. The van der Waals surface area contributed by atoms with Crippen molar-refractivity contribution in [2.45, 2.75) is 39.7 Å². The predicted molar refractivity (Wildman–Crippen MR) is 101 cm³/mol. The number of hydrogen-bond acceptors (Lipinski definition) is 4. The minimum absolute atomic E-state index is 0.247. The molecule has 1 N–H and O–H groups in total. The number of ether oxygens (including phenoxy) is 2. The van der Waals surface area contributed by atoms with Crippen molar-refractivity contribution in [3.63, 3.8) is 0 Å². The highest BCUT2D eigenvalue weighted by Gasteiger charge is 2.18. The van der Waals surface area contributed by atoms with E-state index in [1.807, 2.05) is 43.3 Å². The lowest BCUT2D eigenvalue weighted by atomic mass is 9.98. The van der Waals surface area contributed by atoms with Crippen LogP contribution in [0.25, 0.3) is 0 Å². The summed E-state index contributed by atoms with van der Waals surface area (Å²) in [5.41, 5.74) is 3.00. The Balaban J connectivity index is 1.82. The molecule has 0 aromatic heterocycles. The highest BCUT2D eigenvalue weighted by molar-refractivity contribution is 5.95. The summed E-state index contributed by atoms with van der Waals surface area (Å²) in [4.78, 5) is 24.0. The Morgan fingerprint density at radius 2 is 1.73 bits per heavy atom. The molecular formula is C21H25NO4. The van der Waals surface area contributed by atoms with Crippen molar-refractivity contribution in [3.8, 4) is 5.75 Å². The number of amides is 1. The van der Waals surface area contributed by atoms with E-state index in [2.05, 4.69) is 19.2 Å². The second kappa shape index (κ2) is 9.04. The van der Waals surface area contributed by atoms with Crippen LogP contribution in [-0.2, 0) is 14.3 Å². The van der Waals surface area contributed by atoms with E-state index in [9.17, 15) is 9.59 Å². The first-order chi connectivity index (χ1) is 12.4. The minimum Gasteiger partial charge on any atom is -0.482 e. The Labute approximate surface area is 154 Å². The SMILES string of the molecule is Cc1cc(OCC(=O)OC(C)C(=O)Nc2ccccc2)ccc1C(C)C. The highest BCUT2D eigenvalue weighted by Crippen LogP contribution is 2.23. The van der Waals surface area contributed by atoms with Crippen LogP contribution < -0.4 is 10.1 Å². The minimum atomic E-state index is -0.906. The Bertz CT molecular complexity index is 756. The monoisotopic (exact) mass is 355 g/mol. The number of carbonyl (C=O) groups is 2. The van der Waals surface area contributed by atoms with E-state index in [-0.39, 0.29) is 12.5 Å². The number of benzene rings is 2. The molecule has 26 heavy (non-hydrogen) atoms. The van der Waals surface area contributed by atoms with Crippen LogP contribution in [0.4, 0.5) is 5.69 Å². The molecule has 138 valence electrons. The lowest BCUT2D eigenvalue weighted by Gasteiger charge is -2.15. The molecule has 2 aromatic rings. The second-order valence-electron chi connectivity index (χ2n) is 6.45. The van der Waals surface area contributed by atoms with Crippen LogP contribution in [0, 0.1) is 6.92 Å². The molecule has 0 aliphatic heterocycles. The van der Waals surface area contributed by atoms with Crippen molar-refractivity contribution in [2.75, 3.05) is 11.9 Å². The molecule has 0 fully saturated rings. The van der Waals surface area contributed by atoms with Crippen LogP contribution in [0.3, 0.4) is 0 Å². The van der Waals surface area contributed by atoms with Gasteiger partial charge in [-0.05, 0) is 55.2 Å². The van der Waals surface area contributed by atoms with Gasteiger partial charge in [0.2, 0.25) is 0 Å². The molecule has 0 bridgehead atoms. The zero-order valence-electron chi connectivity index (χ0n) is 15.6. The van der Waals surface area contributed by atoms with Crippen molar-refractivity contribution >= 4 is 17.6 Å². The van der Waals surface area contributed by atoms with Gasteiger partial charge in [-0.1, -0.05) is 38.1 Å². The van der Waals surface area contributed by atoms with E-state index in [0.717, 1.165) is 5.56 Å². The maximum absolute atomic E-state index is 12.0. The Hall–Kier alpha value is -2.82. The fourth-order valence-electron chi connectivity index (χ4n) is 2.58. The molecule has 5 nitrogen and oxygen atoms in total. The van der Waals surface area contributed by atoms with Gasteiger partial charge >= 0.3 is 5.97 Å². The third kappa shape index (κ3) is 5.62. The summed E-state index contributed by atoms with van der Waals surface area (Å²) in [5, 5.41) is 2.69. The van der Waals surface area contributed by atoms with Crippen LogP contribution in [0.1, 0.15) is 37.8 Å². The highest BCUT2D eigenvalue weighted by atomic mass is 16.6. The van der Waals surface area contributed by atoms with Crippen molar-refractivity contribution in [3.05, 3.63) is 59.7 Å². The van der Waals surface area contributed by atoms with Crippen LogP contribution in [0.15, 0.2) is 48.5 Å². The van der Waals surface area contributed by atoms with Crippen LogP contribution >= 0.6 is 0 Å². The summed E-state index contributed by atoms with van der Waals surface area (Å²) in [6, 6.07) is 14.7. The van der Waals surface area contributed by atoms with Crippen molar-refractivity contribution in [1.29, 1.82) is 0 Å². The molecule has 0 aliphatic carbocycles. The Morgan fingerprint density at radius 3 is 2.35 bits per heavy atom. The molecule has 0 heterocycles. The first kappa shape index (κ1) is 19.5. The molecule has 0 radical (unpaired) electrons. The third-order valence-corrected chi connectivity index (χ3v) is 3.94. The Kier molecular flexibility index (Phi) is 6.78. The summed E-state index contributed by atoms with van der Waals surface area (Å²) < 4.78 is 10.6. The standard InChI is InChI=1S/C21H25NO4/c1-14(2)19-11-10-18(12-15(19)3)25-13-20(23)26-16(4)21(24)22-17-8-6-5-7-9-17/h5-12,14,16H,13H2,1-4H3,(H,22,24). The van der Waals surface area contributed by atoms with Gasteiger partial charge in [-0.25, -0.2) is 4.79 Å². The fourth-order valence-corrected chi connectivity index (χ4v) is 2.58. The number of carbonyl (C=O) groups excluding carboxylic acids is 2. The number of nitrogens with one attached hydrogen (secondary N) is 1. The summed E-state index contributed by atoms with van der Waals surface area (Å²) in [7, 11) is 0. The van der Waals surface area contributed by atoms with Crippen molar-refractivity contribution in [1.82, 2.24) is 0 Å². The third-order valence-electron chi connectivity index (χ3n) is 3.94. The van der Waals surface area contributed by atoms with Gasteiger partial charge in [-0.15, -0.1) is 0 Å². The first-order valence-corrected chi connectivity index (χ1v) is 8.65. The summed E-state index contributed by atoms with van der Waals surface area (Å²) >= 11 is 0. The first-order valence-electron chi connectivity index (χ1n) is 8.65. The van der Waals surface area contributed by atoms with Gasteiger partial charge in [-0.3, -0.25) is 4.79 Å². The zero-order chi connectivity index (χ0) is 19.1. The zero-order valence-corrected chi connectivity index (χ0v) is 15.6. The lowest BCUT2D eigenvalue weighted by Crippen LogP contribution is -2.31. The molecule has 5 heteroatoms. The molecule has 0 aliphatic rings. The van der Waals surface area contributed by atoms with E-state index in [1.54, 1.807) is 12.1 Å². The molecule has 1 atom stereocenters. The number of aryl methyl sites for hydroxylation is 1. The fraction of sp³-hybridized carbons (Fsp3) is 0.333. The van der Waals surface area contributed by atoms with Gasteiger partial charge in [0.15, 0.2) is 12.7 Å². The summed E-state index contributed by atoms with van der Waals surface area (Å²) in [5.74, 6) is 0.0520. The molecular weight excluding hydrogens is 330 g/mol. The molecule has 1 unspecified atom stereocenters. The number of esters is 1. The van der Waals surface area contributed by atoms with Gasteiger partial charge in [0.1, 0.15) is 5.75 Å². The quantitative estimate of drug-likeness (QED) is 0.761. The van der Waals surface area contributed by atoms with Gasteiger partial charge in [0, 0.05) is 5.69 Å². The van der Waals surface area contributed by atoms with Crippen molar-refractivity contribution in [2.24, 2.45) is 0 Å². The van der Waals surface area contributed by atoms with E-state index in [0.29, 0.717) is 17.4 Å². The van der Waals surface area contributed by atoms with E-state index in [1.165, 1.54) is 12.5 Å². The summed E-state index contributed by atoms with van der Waals surface area (Å²) in [6.45, 7) is 7.54. The molecule has 0 saturated heterocycles. The maximum atomic E-state index is 12.0.